The summed E-state index contributed by atoms with van der Waals surface area (Å²) in [5.74, 6) is -0.224. The van der Waals surface area contributed by atoms with Crippen molar-refractivity contribution >= 4 is 15.9 Å². The van der Waals surface area contributed by atoms with Gasteiger partial charge in [-0.05, 0) is 40.4 Å². The molecule has 1 aromatic rings. The molecule has 0 bridgehead atoms. The lowest BCUT2D eigenvalue weighted by molar-refractivity contribution is 0.260. The zero-order valence-corrected chi connectivity index (χ0v) is 11.1. The number of rotatable bonds is 5. The van der Waals surface area contributed by atoms with E-state index in [4.69, 9.17) is 5.26 Å². The first-order chi connectivity index (χ1) is 8.22. The molecule has 0 aliphatic heterocycles. The van der Waals surface area contributed by atoms with Gasteiger partial charge in [-0.15, -0.1) is 0 Å². The molecule has 90 valence electrons. The van der Waals surface area contributed by atoms with Crippen molar-refractivity contribution in [2.45, 2.75) is 31.8 Å². The van der Waals surface area contributed by atoms with Gasteiger partial charge in [-0.3, -0.25) is 4.90 Å². The van der Waals surface area contributed by atoms with E-state index in [1.165, 1.54) is 18.9 Å². The van der Waals surface area contributed by atoms with Gasteiger partial charge in [0.15, 0.2) is 0 Å². The largest absolute Gasteiger partial charge is 0.295 e. The Hall–Kier alpha value is -0.920. The van der Waals surface area contributed by atoms with Gasteiger partial charge >= 0.3 is 0 Å². The summed E-state index contributed by atoms with van der Waals surface area (Å²) in [5.41, 5.74) is 0.954. The summed E-state index contributed by atoms with van der Waals surface area (Å²) >= 11 is 3.28. The van der Waals surface area contributed by atoms with E-state index in [0.717, 1.165) is 12.1 Å². The smallest absolute Gasteiger partial charge is 0.137 e. The van der Waals surface area contributed by atoms with Crippen LogP contribution in [0.3, 0.4) is 0 Å². The van der Waals surface area contributed by atoms with E-state index in [1.54, 1.807) is 6.07 Å². The Kier molecular flexibility index (Phi) is 4.14. The standard InChI is InChI=1S/C13H14BrFN2/c14-13-10(3-1-4-12(13)15)9-17(8-2-7-16)11-5-6-11/h1,3-4,11H,2,5-6,8-9H2. The predicted octanol–water partition coefficient (Wildman–Crippen LogP) is 3.47. The van der Waals surface area contributed by atoms with Crippen LogP contribution in [-0.2, 0) is 6.54 Å². The third-order valence-corrected chi connectivity index (χ3v) is 3.87. The molecule has 2 nitrogen and oxygen atoms in total. The second-order valence-electron chi connectivity index (χ2n) is 4.32. The van der Waals surface area contributed by atoms with Crippen LogP contribution in [0.1, 0.15) is 24.8 Å². The lowest BCUT2D eigenvalue weighted by Gasteiger charge is -2.21. The van der Waals surface area contributed by atoms with Crippen LogP contribution in [0, 0.1) is 17.1 Å². The molecular weight excluding hydrogens is 283 g/mol. The van der Waals surface area contributed by atoms with Crippen LogP contribution in [0.4, 0.5) is 4.39 Å². The van der Waals surface area contributed by atoms with Crippen LogP contribution in [0.15, 0.2) is 22.7 Å². The molecule has 4 heteroatoms. The molecule has 0 heterocycles. The summed E-state index contributed by atoms with van der Waals surface area (Å²) in [7, 11) is 0. The summed E-state index contributed by atoms with van der Waals surface area (Å²) in [4.78, 5) is 2.27. The first kappa shape index (κ1) is 12.5. The quantitative estimate of drug-likeness (QED) is 0.832. The molecule has 0 radical (unpaired) electrons. The highest BCUT2D eigenvalue weighted by Gasteiger charge is 2.28. The fourth-order valence-electron chi connectivity index (χ4n) is 1.91. The Balaban J connectivity index is 2.06. The average Bonchev–Trinajstić information content (AvgIpc) is 3.14. The highest BCUT2D eigenvalue weighted by atomic mass is 79.9. The van der Waals surface area contributed by atoms with Crippen molar-refractivity contribution in [3.05, 3.63) is 34.1 Å². The maximum absolute atomic E-state index is 13.4. The normalized spacial score (nSPS) is 14.9. The summed E-state index contributed by atoms with van der Waals surface area (Å²) in [6.07, 6.45) is 2.92. The van der Waals surface area contributed by atoms with Gasteiger partial charge < -0.3 is 0 Å². The van der Waals surface area contributed by atoms with Gasteiger partial charge in [-0.2, -0.15) is 5.26 Å². The molecule has 1 saturated carbocycles. The van der Waals surface area contributed by atoms with Crippen LogP contribution in [0.25, 0.3) is 0 Å². The van der Waals surface area contributed by atoms with Crippen LogP contribution in [-0.4, -0.2) is 17.5 Å². The molecular formula is C13H14BrFN2. The molecule has 0 saturated heterocycles. The van der Waals surface area contributed by atoms with E-state index in [9.17, 15) is 4.39 Å². The van der Waals surface area contributed by atoms with Crippen molar-refractivity contribution < 1.29 is 4.39 Å². The molecule has 2 rings (SSSR count). The van der Waals surface area contributed by atoms with E-state index in [2.05, 4.69) is 26.9 Å². The predicted molar refractivity (Wildman–Crippen MR) is 67.8 cm³/mol. The van der Waals surface area contributed by atoms with Crippen molar-refractivity contribution in [3.8, 4) is 6.07 Å². The SMILES string of the molecule is N#CCCN(Cc1cccc(F)c1Br)C1CC1. The number of hydrogen-bond acceptors (Lipinski definition) is 2. The lowest BCUT2D eigenvalue weighted by Crippen LogP contribution is -2.26. The zero-order chi connectivity index (χ0) is 12.3. The minimum absolute atomic E-state index is 0.224. The van der Waals surface area contributed by atoms with E-state index >= 15 is 0 Å². The van der Waals surface area contributed by atoms with Crippen molar-refractivity contribution in [2.24, 2.45) is 0 Å². The number of hydrogen-bond donors (Lipinski definition) is 0. The van der Waals surface area contributed by atoms with Gasteiger partial charge in [0.1, 0.15) is 5.82 Å². The third kappa shape index (κ3) is 3.27. The van der Waals surface area contributed by atoms with Gasteiger partial charge in [0.2, 0.25) is 0 Å². The maximum atomic E-state index is 13.4. The highest BCUT2D eigenvalue weighted by molar-refractivity contribution is 9.10. The second-order valence-corrected chi connectivity index (χ2v) is 5.12. The molecule has 0 spiro atoms. The second kappa shape index (κ2) is 5.61. The molecule has 0 N–H and O–H groups in total. The minimum atomic E-state index is -0.224. The van der Waals surface area contributed by atoms with Crippen molar-refractivity contribution in [2.75, 3.05) is 6.54 Å². The number of halogens is 2. The van der Waals surface area contributed by atoms with E-state index in [0.29, 0.717) is 23.5 Å². The summed E-state index contributed by atoms with van der Waals surface area (Å²) in [5, 5.41) is 8.64. The Morgan fingerprint density at radius 1 is 1.47 bits per heavy atom. The fraction of sp³-hybridized carbons (Fsp3) is 0.462. The van der Waals surface area contributed by atoms with Crippen LogP contribution in [0.2, 0.25) is 0 Å². The molecule has 0 unspecified atom stereocenters. The topological polar surface area (TPSA) is 27.0 Å². The van der Waals surface area contributed by atoms with Crippen molar-refractivity contribution in [3.63, 3.8) is 0 Å². The number of nitrogens with zero attached hydrogens (tertiary/aromatic N) is 2. The molecule has 1 fully saturated rings. The van der Waals surface area contributed by atoms with E-state index < -0.39 is 0 Å². The Morgan fingerprint density at radius 3 is 2.88 bits per heavy atom. The van der Waals surface area contributed by atoms with Gasteiger partial charge in [0.25, 0.3) is 0 Å². The van der Waals surface area contributed by atoms with Gasteiger partial charge in [-0.25, -0.2) is 4.39 Å². The molecule has 1 aliphatic rings. The molecule has 0 atom stereocenters. The van der Waals surface area contributed by atoms with Crippen LogP contribution < -0.4 is 0 Å². The van der Waals surface area contributed by atoms with E-state index in [-0.39, 0.29) is 5.82 Å². The fourth-order valence-corrected chi connectivity index (χ4v) is 2.30. The van der Waals surface area contributed by atoms with E-state index in [1.807, 2.05) is 6.07 Å². The molecule has 0 aromatic heterocycles. The first-order valence-corrected chi connectivity index (χ1v) is 6.55. The first-order valence-electron chi connectivity index (χ1n) is 5.76. The summed E-state index contributed by atoms with van der Waals surface area (Å²) < 4.78 is 13.9. The minimum Gasteiger partial charge on any atom is -0.295 e. The number of benzene rings is 1. The lowest BCUT2D eigenvalue weighted by atomic mass is 10.2. The Morgan fingerprint density at radius 2 is 2.24 bits per heavy atom. The summed E-state index contributed by atoms with van der Waals surface area (Å²) in [6.45, 7) is 1.48. The highest BCUT2D eigenvalue weighted by Crippen LogP contribution is 2.30. The summed E-state index contributed by atoms with van der Waals surface area (Å²) in [6, 6.07) is 7.85. The third-order valence-electron chi connectivity index (χ3n) is 2.98. The Bertz CT molecular complexity index is 438. The van der Waals surface area contributed by atoms with Gasteiger partial charge in [0, 0.05) is 25.6 Å². The number of nitriles is 1. The molecule has 1 aliphatic carbocycles. The van der Waals surface area contributed by atoms with Crippen molar-refractivity contribution in [1.82, 2.24) is 4.90 Å². The average molecular weight is 297 g/mol. The Labute approximate surface area is 109 Å². The molecule has 0 amide bonds. The van der Waals surface area contributed by atoms with Gasteiger partial charge in [-0.1, -0.05) is 12.1 Å². The molecule has 1 aromatic carbocycles. The van der Waals surface area contributed by atoms with Crippen LogP contribution >= 0.6 is 15.9 Å². The van der Waals surface area contributed by atoms with Gasteiger partial charge in [0.05, 0.1) is 10.5 Å². The van der Waals surface area contributed by atoms with Crippen molar-refractivity contribution in [1.29, 1.82) is 5.26 Å². The monoisotopic (exact) mass is 296 g/mol. The maximum Gasteiger partial charge on any atom is 0.137 e. The zero-order valence-electron chi connectivity index (χ0n) is 9.50. The molecule has 17 heavy (non-hydrogen) atoms. The van der Waals surface area contributed by atoms with Crippen LogP contribution in [0.5, 0.6) is 0 Å².